The predicted octanol–water partition coefficient (Wildman–Crippen LogP) is 8.11. The SMILES string of the molecule is CC(C)(CC(=O)N(CC1CCN(C(=O)OC(C)(C)C)CC1)CC1C(=O)NC(Cc2ccc3ccccc3c2)C(=O)N1Cc1ccc(-c2ccccc2)cc1)NC(=O)OC(C)(C)C. The lowest BCUT2D eigenvalue weighted by Crippen LogP contribution is -2.66. The molecule has 2 aliphatic rings. The third-order valence-electron chi connectivity index (χ3n) is 11.2. The third-order valence-corrected chi connectivity index (χ3v) is 11.2. The molecule has 62 heavy (non-hydrogen) atoms. The van der Waals surface area contributed by atoms with E-state index in [9.17, 15) is 24.0 Å². The van der Waals surface area contributed by atoms with Gasteiger partial charge in [0, 0.05) is 44.6 Å². The maximum atomic E-state index is 14.7. The summed E-state index contributed by atoms with van der Waals surface area (Å²) >= 11 is 0. The number of piperazine rings is 1. The van der Waals surface area contributed by atoms with Crippen LogP contribution in [-0.2, 0) is 36.8 Å². The number of hydrogen-bond donors (Lipinski definition) is 2. The highest BCUT2D eigenvalue weighted by Crippen LogP contribution is 2.27. The molecule has 4 aromatic carbocycles. The first-order valence-corrected chi connectivity index (χ1v) is 21.7. The van der Waals surface area contributed by atoms with E-state index in [1.807, 2.05) is 112 Å². The van der Waals surface area contributed by atoms with Crippen molar-refractivity contribution in [2.45, 2.75) is 116 Å². The minimum absolute atomic E-state index is 0.00144. The first-order chi connectivity index (χ1) is 29.2. The van der Waals surface area contributed by atoms with E-state index in [4.69, 9.17) is 9.47 Å². The van der Waals surface area contributed by atoms with Crippen LogP contribution in [0.25, 0.3) is 21.9 Å². The summed E-state index contributed by atoms with van der Waals surface area (Å²) in [6.45, 7) is 15.6. The maximum Gasteiger partial charge on any atom is 0.410 e. The van der Waals surface area contributed by atoms with Crippen molar-refractivity contribution >= 4 is 40.7 Å². The summed E-state index contributed by atoms with van der Waals surface area (Å²) in [7, 11) is 0. The molecule has 0 radical (unpaired) electrons. The van der Waals surface area contributed by atoms with E-state index < -0.39 is 34.9 Å². The van der Waals surface area contributed by atoms with Crippen molar-refractivity contribution in [3.63, 3.8) is 0 Å². The average Bonchev–Trinajstić information content (AvgIpc) is 3.19. The Morgan fingerprint density at radius 2 is 1.32 bits per heavy atom. The average molecular weight is 846 g/mol. The molecule has 4 aromatic rings. The van der Waals surface area contributed by atoms with Crippen molar-refractivity contribution in [2.75, 3.05) is 26.2 Å². The number of rotatable bonds is 12. The van der Waals surface area contributed by atoms with Gasteiger partial charge in [-0.05, 0) is 107 Å². The second-order valence-corrected chi connectivity index (χ2v) is 19.4. The van der Waals surface area contributed by atoms with Crippen molar-refractivity contribution in [1.82, 2.24) is 25.3 Å². The van der Waals surface area contributed by atoms with Gasteiger partial charge in [0.2, 0.25) is 17.7 Å². The van der Waals surface area contributed by atoms with Crippen LogP contribution < -0.4 is 10.6 Å². The van der Waals surface area contributed by atoms with Crippen LogP contribution in [0, 0.1) is 5.92 Å². The molecule has 2 aliphatic heterocycles. The molecule has 0 bridgehead atoms. The molecular weight excluding hydrogens is 783 g/mol. The van der Waals surface area contributed by atoms with Gasteiger partial charge >= 0.3 is 12.2 Å². The molecule has 0 aromatic heterocycles. The summed E-state index contributed by atoms with van der Waals surface area (Å²) in [6.07, 6.45) is 0.427. The van der Waals surface area contributed by atoms with Crippen LogP contribution in [0.4, 0.5) is 9.59 Å². The summed E-state index contributed by atoms with van der Waals surface area (Å²) in [5.74, 6) is -0.868. The van der Waals surface area contributed by atoms with Gasteiger partial charge in [0.25, 0.3) is 0 Å². The number of carbonyl (C=O) groups is 5. The minimum atomic E-state index is -1.01. The van der Waals surface area contributed by atoms with E-state index in [0.717, 1.165) is 33.0 Å². The summed E-state index contributed by atoms with van der Waals surface area (Å²) in [5.41, 5.74) is 1.49. The van der Waals surface area contributed by atoms with Crippen LogP contribution in [0.3, 0.4) is 0 Å². The Morgan fingerprint density at radius 1 is 0.726 bits per heavy atom. The van der Waals surface area contributed by atoms with Crippen LogP contribution in [-0.4, -0.2) is 99.6 Å². The monoisotopic (exact) mass is 845 g/mol. The molecule has 12 heteroatoms. The molecule has 5 amide bonds. The van der Waals surface area contributed by atoms with E-state index in [-0.39, 0.29) is 49.2 Å². The van der Waals surface area contributed by atoms with Gasteiger partial charge in [0.1, 0.15) is 23.3 Å². The van der Waals surface area contributed by atoms with Gasteiger partial charge < -0.3 is 34.8 Å². The Hall–Kier alpha value is -5.91. The molecule has 2 atom stereocenters. The number of ether oxygens (including phenoxy) is 2. The van der Waals surface area contributed by atoms with E-state index in [1.165, 1.54) is 0 Å². The van der Waals surface area contributed by atoms with E-state index in [2.05, 4.69) is 16.7 Å². The van der Waals surface area contributed by atoms with Crippen molar-refractivity contribution in [3.8, 4) is 11.1 Å². The van der Waals surface area contributed by atoms with Crippen molar-refractivity contribution in [3.05, 3.63) is 108 Å². The van der Waals surface area contributed by atoms with E-state index in [1.54, 1.807) is 49.3 Å². The molecule has 2 N–H and O–H groups in total. The Morgan fingerprint density at radius 3 is 1.97 bits per heavy atom. The smallest absolute Gasteiger partial charge is 0.410 e. The van der Waals surface area contributed by atoms with E-state index >= 15 is 0 Å². The number of carbonyl (C=O) groups excluding carboxylic acids is 5. The van der Waals surface area contributed by atoms with Crippen molar-refractivity contribution in [1.29, 1.82) is 0 Å². The number of alkyl carbamates (subject to hydrolysis) is 1. The zero-order valence-corrected chi connectivity index (χ0v) is 37.5. The fourth-order valence-electron chi connectivity index (χ4n) is 8.10. The highest BCUT2D eigenvalue weighted by molar-refractivity contribution is 5.98. The number of likely N-dealkylation sites (tertiary alicyclic amines) is 1. The lowest BCUT2D eigenvalue weighted by Gasteiger charge is -2.42. The molecule has 0 saturated carbocycles. The summed E-state index contributed by atoms with van der Waals surface area (Å²) in [4.78, 5) is 74.5. The van der Waals surface area contributed by atoms with Crippen LogP contribution in [0.5, 0.6) is 0 Å². The number of fused-ring (bicyclic) bond motifs is 1. The van der Waals surface area contributed by atoms with Gasteiger partial charge in [-0.1, -0.05) is 97.1 Å². The summed E-state index contributed by atoms with van der Waals surface area (Å²) < 4.78 is 11.1. The van der Waals surface area contributed by atoms with Crippen LogP contribution in [0.2, 0.25) is 0 Å². The normalized spacial score (nSPS) is 17.7. The van der Waals surface area contributed by atoms with Crippen LogP contribution in [0.15, 0.2) is 97.1 Å². The third kappa shape index (κ3) is 12.6. The molecule has 6 rings (SSSR count). The molecule has 2 saturated heterocycles. The zero-order valence-electron chi connectivity index (χ0n) is 37.5. The van der Waals surface area contributed by atoms with Gasteiger partial charge in [-0.25, -0.2) is 9.59 Å². The quantitative estimate of drug-likeness (QED) is 0.147. The lowest BCUT2D eigenvalue weighted by molar-refractivity contribution is -0.152. The second-order valence-electron chi connectivity index (χ2n) is 19.4. The molecule has 0 aliphatic carbocycles. The number of nitrogens with one attached hydrogen (secondary N) is 2. The van der Waals surface area contributed by atoms with Crippen LogP contribution >= 0.6 is 0 Å². The minimum Gasteiger partial charge on any atom is -0.444 e. The molecular formula is C50H63N5O7. The maximum absolute atomic E-state index is 14.7. The van der Waals surface area contributed by atoms with Gasteiger partial charge in [0.05, 0.1) is 6.54 Å². The standard InChI is InChI=1S/C50H63N5O7/c1-48(2,3)61-46(59)52-50(7,8)30-43(56)54(31-35-24-26-53(27-25-35)47(60)62-49(4,5)6)33-42-44(57)51-41(29-36-20-23-38-16-12-13-17-40(38)28-36)45(58)55(42)32-34-18-21-39(22-19-34)37-14-10-9-11-15-37/h9-23,28,35,41-42H,24-27,29-33H2,1-8H3,(H,51,57)(H,52,59). The fourth-order valence-corrected chi connectivity index (χ4v) is 8.10. The van der Waals surface area contributed by atoms with Crippen molar-refractivity contribution in [2.24, 2.45) is 5.92 Å². The lowest BCUT2D eigenvalue weighted by atomic mass is 9.94. The Bertz CT molecular complexity index is 2220. The van der Waals surface area contributed by atoms with Crippen molar-refractivity contribution < 1.29 is 33.4 Å². The molecule has 2 unspecified atom stereocenters. The summed E-state index contributed by atoms with van der Waals surface area (Å²) in [6, 6.07) is 30.3. The van der Waals surface area contributed by atoms with Gasteiger partial charge in [-0.2, -0.15) is 0 Å². The fraction of sp³-hybridized carbons (Fsp3) is 0.460. The molecule has 330 valence electrons. The summed E-state index contributed by atoms with van der Waals surface area (Å²) in [5, 5.41) is 8.01. The number of amides is 5. The van der Waals surface area contributed by atoms with Crippen LogP contribution in [0.1, 0.15) is 85.8 Å². The highest BCUT2D eigenvalue weighted by Gasteiger charge is 2.43. The Kier molecular flexibility index (Phi) is 14.0. The Balaban J connectivity index is 1.27. The first-order valence-electron chi connectivity index (χ1n) is 21.7. The van der Waals surface area contributed by atoms with E-state index in [0.29, 0.717) is 38.9 Å². The first kappa shape index (κ1) is 45.6. The topological polar surface area (TPSA) is 138 Å². The second kappa shape index (κ2) is 19.0. The number of benzene rings is 4. The number of hydrogen-bond acceptors (Lipinski definition) is 7. The predicted molar refractivity (Wildman–Crippen MR) is 241 cm³/mol. The van der Waals surface area contributed by atoms with Gasteiger partial charge in [-0.15, -0.1) is 0 Å². The zero-order chi connectivity index (χ0) is 44.8. The Labute approximate surface area is 366 Å². The highest BCUT2D eigenvalue weighted by atomic mass is 16.6. The molecule has 12 nitrogen and oxygen atoms in total. The molecule has 0 spiro atoms. The van der Waals surface area contributed by atoms with Gasteiger partial charge in [-0.3, -0.25) is 14.4 Å². The van der Waals surface area contributed by atoms with Gasteiger partial charge in [0.15, 0.2) is 0 Å². The molecule has 2 heterocycles. The number of nitrogens with zero attached hydrogens (tertiary/aromatic N) is 3. The number of piperidine rings is 1. The largest absolute Gasteiger partial charge is 0.444 e. The molecule has 2 fully saturated rings.